The van der Waals surface area contributed by atoms with Gasteiger partial charge in [0.15, 0.2) is 0 Å². The third kappa shape index (κ3) is 13.8. The average Bonchev–Trinajstić information content (AvgIpc) is 1.03. The van der Waals surface area contributed by atoms with Crippen molar-refractivity contribution in [2.75, 3.05) is 67.6 Å². The van der Waals surface area contributed by atoms with Crippen LogP contribution in [0.25, 0.3) is 5.57 Å². The fourth-order valence-electron chi connectivity index (χ4n) is 11.6. The van der Waals surface area contributed by atoms with Crippen LogP contribution in [0.5, 0.6) is 11.5 Å². The van der Waals surface area contributed by atoms with Gasteiger partial charge in [-0.2, -0.15) is 0 Å². The zero-order valence-electron chi connectivity index (χ0n) is 49.0. The van der Waals surface area contributed by atoms with E-state index >= 15 is 0 Å². The molecule has 22 heteroatoms. The number of allylic oxidation sites excluding steroid dienone is 1. The summed E-state index contributed by atoms with van der Waals surface area (Å²) in [6.07, 6.45) is 0.0713. The van der Waals surface area contributed by atoms with Crippen LogP contribution in [0.4, 0.5) is 18.8 Å². The number of hydrogen-bond donors (Lipinski definition) is 3. The molecule has 0 aromatic heterocycles. The van der Waals surface area contributed by atoms with Crippen molar-refractivity contribution in [2.45, 2.75) is 89.6 Å². The van der Waals surface area contributed by atoms with Gasteiger partial charge in [0.05, 0.1) is 52.5 Å². The smallest absolute Gasteiger partial charge is 0.407 e. The molecule has 5 aromatic rings. The topological polar surface area (TPSA) is 209 Å². The molecule has 4 fully saturated rings. The van der Waals surface area contributed by atoms with Crippen molar-refractivity contribution in [1.82, 2.24) is 55.6 Å². The number of alkyl carbamates (subject to hydrolysis) is 1. The van der Waals surface area contributed by atoms with E-state index < -0.39 is 54.4 Å². The number of carbonyl (C=O) groups is 7. The molecule has 4 heterocycles. The van der Waals surface area contributed by atoms with Crippen molar-refractivity contribution in [3.63, 3.8) is 0 Å². The molecule has 9 rings (SSSR count). The summed E-state index contributed by atoms with van der Waals surface area (Å²) in [5.74, 6) is -0.215. The predicted molar refractivity (Wildman–Crippen MR) is 314 cm³/mol. The van der Waals surface area contributed by atoms with Gasteiger partial charge in [-0.15, -0.1) is 0 Å². The Morgan fingerprint density at radius 1 is 0.612 bits per heavy atom. The maximum Gasteiger partial charge on any atom is 0.407 e. The first-order valence-corrected chi connectivity index (χ1v) is 28.5. The number of piperazine rings is 2. The summed E-state index contributed by atoms with van der Waals surface area (Å²) in [4.78, 5) is 105. The fraction of sp³-hybridized carbons (Fsp3) is 0.381. The highest BCUT2D eigenvalue weighted by molar-refractivity contribution is 5.93. The van der Waals surface area contributed by atoms with Gasteiger partial charge in [0.25, 0.3) is 0 Å². The number of carbonyl (C=O) groups excluding carboxylic acids is 7. The van der Waals surface area contributed by atoms with Gasteiger partial charge in [-0.25, -0.2) is 38.8 Å². The van der Waals surface area contributed by atoms with Gasteiger partial charge in [-0.05, 0) is 115 Å². The molecule has 5 aromatic carbocycles. The van der Waals surface area contributed by atoms with Gasteiger partial charge < -0.3 is 49.8 Å². The average molecular weight is 1160 g/mol. The van der Waals surface area contributed by atoms with E-state index in [4.69, 9.17) is 14.2 Å². The first-order chi connectivity index (χ1) is 40.9. The minimum atomic E-state index is -0.984. The number of fused-ring (bicyclic) bond motifs is 2. The third-order valence-electron chi connectivity index (χ3n) is 16.3. The number of ether oxygens (including phenoxy) is 3. The summed E-state index contributed by atoms with van der Waals surface area (Å²) in [7, 11) is 6.50. The van der Waals surface area contributed by atoms with Gasteiger partial charge in [-0.1, -0.05) is 91.0 Å². The standard InChI is InChI=1S/C63H74FN11O10/c1-41(31-33-85-63(82)65-32-11-14-53-59(78)70(42(2)48-12-9-8-10-13-48)37-55-72(53)57(76)39-68(4)74(55)61(80)66-35-45-17-27-51(83-6)28-18-45)47-21-15-44(16-22-47)34-54-60(79)71(43(3)49-23-25-50(64)26-24-49)38-56-73(54)58(77)40-69(5)75(56)62(81)67-36-46-19-29-52(84-7)30-20-46/h8-10,12-13,15-31,42-43,53-56H,11,14,32-40H2,1-7H3,(H,65,82)(H,66,80)(H,67,81)/b41-31-/t42-,43?,53-,54?,55?,56-/m0/s1. The van der Waals surface area contributed by atoms with Crippen LogP contribution < -0.4 is 25.4 Å². The molecular weight excluding hydrogens is 1090 g/mol. The molecule has 0 aliphatic carbocycles. The molecule has 448 valence electrons. The zero-order chi connectivity index (χ0) is 60.5. The number of nitrogens with zero attached hydrogens (tertiary/aromatic N) is 8. The Kier molecular flexibility index (Phi) is 19.3. The minimum absolute atomic E-state index is 0.00702. The molecule has 4 saturated heterocycles. The summed E-state index contributed by atoms with van der Waals surface area (Å²) in [5.41, 5.74) is 5.66. The number of likely N-dealkylation sites (N-methyl/N-ethyl adjacent to an activating group) is 2. The summed E-state index contributed by atoms with van der Waals surface area (Å²) in [5, 5.41) is 14.9. The van der Waals surface area contributed by atoms with Crippen LogP contribution in [-0.4, -0.2) is 173 Å². The Labute approximate surface area is 494 Å². The first kappa shape index (κ1) is 60.6. The Morgan fingerprint density at radius 2 is 1.08 bits per heavy atom. The van der Waals surface area contributed by atoms with Gasteiger partial charge in [0.1, 0.15) is 48.3 Å². The van der Waals surface area contributed by atoms with Gasteiger partial charge >= 0.3 is 18.2 Å². The van der Waals surface area contributed by atoms with E-state index in [-0.39, 0.29) is 94.9 Å². The minimum Gasteiger partial charge on any atom is -0.497 e. The Bertz CT molecular complexity index is 3230. The number of rotatable bonds is 19. The predicted octanol–water partition coefficient (Wildman–Crippen LogP) is 6.69. The molecule has 0 saturated carbocycles. The highest BCUT2D eigenvalue weighted by atomic mass is 19.1. The number of amides is 9. The van der Waals surface area contributed by atoms with Crippen molar-refractivity contribution in [3.8, 4) is 11.5 Å². The number of hydrogen-bond acceptors (Lipinski definition) is 12. The fourth-order valence-corrected chi connectivity index (χ4v) is 11.6. The number of hydrazine groups is 2. The Hall–Kier alpha value is -9.02. The third-order valence-corrected chi connectivity index (χ3v) is 16.3. The lowest BCUT2D eigenvalue weighted by molar-refractivity contribution is -0.189. The lowest BCUT2D eigenvalue weighted by Gasteiger charge is -2.55. The van der Waals surface area contributed by atoms with E-state index in [1.807, 2.05) is 112 Å². The Morgan fingerprint density at radius 3 is 1.59 bits per heavy atom. The second-order valence-electron chi connectivity index (χ2n) is 21.7. The van der Waals surface area contributed by atoms with Gasteiger partial charge in [-0.3, -0.25) is 19.2 Å². The van der Waals surface area contributed by atoms with Crippen molar-refractivity contribution in [2.24, 2.45) is 0 Å². The van der Waals surface area contributed by atoms with Crippen LogP contribution in [0.15, 0.2) is 133 Å². The summed E-state index contributed by atoms with van der Waals surface area (Å²) in [6, 6.07) is 34.0. The van der Waals surface area contributed by atoms with Crippen LogP contribution >= 0.6 is 0 Å². The van der Waals surface area contributed by atoms with Crippen LogP contribution in [0.3, 0.4) is 0 Å². The van der Waals surface area contributed by atoms with Gasteiger partial charge in [0, 0.05) is 40.2 Å². The van der Waals surface area contributed by atoms with Crippen LogP contribution in [-0.2, 0) is 43.4 Å². The van der Waals surface area contributed by atoms with E-state index in [1.165, 1.54) is 32.0 Å². The lowest BCUT2D eigenvalue weighted by atomic mass is 9.95. The second kappa shape index (κ2) is 27.1. The van der Waals surface area contributed by atoms with Crippen LogP contribution in [0.2, 0.25) is 0 Å². The van der Waals surface area contributed by atoms with E-state index in [0.717, 1.165) is 33.4 Å². The lowest BCUT2D eigenvalue weighted by Crippen LogP contribution is -2.76. The van der Waals surface area contributed by atoms with Gasteiger partial charge in [0.2, 0.25) is 23.6 Å². The molecular formula is C63H74FN11O10. The monoisotopic (exact) mass is 1160 g/mol. The molecule has 0 spiro atoms. The number of urea groups is 2. The molecule has 0 radical (unpaired) electrons. The SMILES string of the molecule is COc1ccc(CNC(=O)N2C3CN([C@@H](C)c4ccccc4)C(=O)[C@H](CCCNC(=O)OC/C=C(/C)c4ccc(CC5C(=O)N(C(C)c6ccc(F)cc6)C[C@H]6N5C(=O)CN(C)N6C(=O)NCc5ccc(OC)cc5)cc4)N3C(=O)CN2C)cc1. The maximum atomic E-state index is 14.7. The van der Waals surface area contributed by atoms with E-state index in [0.29, 0.717) is 23.5 Å². The highest BCUT2D eigenvalue weighted by Gasteiger charge is 2.53. The largest absolute Gasteiger partial charge is 0.497 e. The second-order valence-corrected chi connectivity index (χ2v) is 21.7. The number of methoxy groups -OCH3 is 2. The number of nitrogens with one attached hydrogen (secondary N) is 3. The summed E-state index contributed by atoms with van der Waals surface area (Å²) >= 11 is 0. The molecule has 85 heavy (non-hydrogen) atoms. The first-order valence-electron chi connectivity index (χ1n) is 28.5. The molecule has 21 nitrogen and oxygen atoms in total. The van der Waals surface area contributed by atoms with Crippen LogP contribution in [0, 0.1) is 5.82 Å². The van der Waals surface area contributed by atoms with Crippen molar-refractivity contribution < 1.29 is 52.2 Å². The molecule has 6 atom stereocenters. The normalized spacial score (nSPS) is 20.1. The summed E-state index contributed by atoms with van der Waals surface area (Å²) < 4.78 is 30.2. The van der Waals surface area contributed by atoms with Crippen molar-refractivity contribution in [1.29, 1.82) is 0 Å². The zero-order valence-corrected chi connectivity index (χ0v) is 49.0. The van der Waals surface area contributed by atoms with Crippen molar-refractivity contribution in [3.05, 3.63) is 173 Å². The molecule has 4 aliphatic rings. The quantitative estimate of drug-likeness (QED) is 0.0739. The molecule has 3 unspecified atom stereocenters. The molecule has 4 aliphatic heterocycles. The number of halogens is 1. The summed E-state index contributed by atoms with van der Waals surface area (Å²) in [6.45, 7) is 5.97. The van der Waals surface area contributed by atoms with E-state index in [2.05, 4.69) is 16.0 Å². The highest BCUT2D eigenvalue weighted by Crippen LogP contribution is 2.35. The molecule has 0 bridgehead atoms. The molecule has 9 amide bonds. The van der Waals surface area contributed by atoms with Crippen molar-refractivity contribution >= 4 is 47.4 Å². The number of benzene rings is 5. The maximum absolute atomic E-state index is 14.7. The molecule has 3 N–H and O–H groups in total. The van der Waals surface area contributed by atoms with Crippen LogP contribution in [0.1, 0.15) is 79.1 Å². The van der Waals surface area contributed by atoms with E-state index in [1.54, 1.807) is 78.5 Å². The Balaban J connectivity index is 0.822. The van der Waals surface area contributed by atoms with E-state index in [9.17, 15) is 38.0 Å².